The van der Waals surface area contributed by atoms with Gasteiger partial charge in [-0.05, 0) is 0 Å². The van der Waals surface area contributed by atoms with Crippen LogP contribution in [0, 0.1) is 11.3 Å². The van der Waals surface area contributed by atoms with Gasteiger partial charge in [-0.1, -0.05) is 5.46 Å². The zero-order chi connectivity index (χ0) is 11.1. The molecule has 0 aliphatic carbocycles. The average molecular weight is 211 g/mol. The molecule has 2 heterocycles. The first kappa shape index (κ1) is 9.52. The number of hydrogen-bond acceptors (Lipinski definition) is 3. The molecule has 0 radical (unpaired) electrons. The smallest absolute Gasteiger partial charge is 0.445 e. The van der Waals surface area contributed by atoms with Gasteiger partial charge in [0.25, 0.3) is 0 Å². The third kappa shape index (κ3) is 1.52. The van der Waals surface area contributed by atoms with Crippen molar-refractivity contribution in [2.45, 2.75) is 0 Å². The predicted molar refractivity (Wildman–Crippen MR) is 46.4 cm³/mol. The van der Waals surface area contributed by atoms with Crippen LogP contribution in [-0.4, -0.2) is 21.6 Å². The molecule has 0 aliphatic rings. The van der Waals surface area contributed by atoms with Crippen LogP contribution in [0.5, 0.6) is 0 Å². The van der Waals surface area contributed by atoms with Gasteiger partial charge in [-0.2, -0.15) is 10.4 Å². The summed E-state index contributed by atoms with van der Waals surface area (Å²) in [4.78, 5) is 3.55. The SMILES string of the molecule is N#Cc1cnn2cc([B-](F)(F)F)cnc12. The van der Waals surface area contributed by atoms with Crippen LogP contribution in [0.25, 0.3) is 5.65 Å². The van der Waals surface area contributed by atoms with Crippen LogP contribution in [0.2, 0.25) is 0 Å². The molecule has 0 aliphatic heterocycles. The quantitative estimate of drug-likeness (QED) is 0.650. The highest BCUT2D eigenvalue weighted by atomic mass is 19.4. The molecular formula is C7H3BF3N4-. The molecule has 0 saturated carbocycles. The molecule has 0 saturated heterocycles. The molecule has 4 nitrogen and oxygen atoms in total. The summed E-state index contributed by atoms with van der Waals surface area (Å²) in [7, 11) is 0. The Balaban J connectivity index is 2.65. The van der Waals surface area contributed by atoms with E-state index in [0.29, 0.717) is 6.20 Å². The molecule has 2 aromatic rings. The standard InChI is InChI=1S/C7H3BF3N4/c9-8(10,11)6-3-13-7-5(1-12)2-14-15(7)4-6/h2-4H/q-1. The van der Waals surface area contributed by atoms with E-state index in [4.69, 9.17) is 5.26 Å². The highest BCUT2D eigenvalue weighted by molar-refractivity contribution is 6.73. The maximum atomic E-state index is 12.3. The summed E-state index contributed by atoms with van der Waals surface area (Å²) in [5.41, 5.74) is -0.562. The fourth-order valence-corrected chi connectivity index (χ4v) is 1.14. The summed E-state index contributed by atoms with van der Waals surface area (Å²) < 4.78 is 37.9. The van der Waals surface area contributed by atoms with E-state index in [9.17, 15) is 12.9 Å². The molecule has 2 rings (SSSR count). The summed E-state index contributed by atoms with van der Waals surface area (Å²) in [6, 6.07) is 1.79. The molecule has 15 heavy (non-hydrogen) atoms. The number of hydrogen-bond donors (Lipinski definition) is 0. The topological polar surface area (TPSA) is 54.0 Å². The number of nitriles is 1. The van der Waals surface area contributed by atoms with Crippen molar-refractivity contribution in [2.75, 3.05) is 0 Å². The summed E-state index contributed by atoms with van der Waals surface area (Å²) >= 11 is 0. The van der Waals surface area contributed by atoms with E-state index in [1.807, 2.05) is 0 Å². The predicted octanol–water partition coefficient (Wildman–Crippen LogP) is 0.655. The molecular weight excluding hydrogens is 208 g/mol. The fraction of sp³-hybridized carbons (Fsp3) is 0. The highest BCUT2D eigenvalue weighted by Crippen LogP contribution is 2.10. The van der Waals surface area contributed by atoms with Gasteiger partial charge in [-0.25, -0.2) is 9.50 Å². The lowest BCUT2D eigenvalue weighted by atomic mass is 9.83. The molecule has 0 aromatic carbocycles. The van der Waals surface area contributed by atoms with Crippen LogP contribution < -0.4 is 5.46 Å². The Morgan fingerprint density at radius 2 is 2.07 bits per heavy atom. The van der Waals surface area contributed by atoms with E-state index < -0.39 is 12.4 Å². The van der Waals surface area contributed by atoms with Crippen molar-refractivity contribution >= 4 is 18.1 Å². The molecule has 0 fully saturated rings. The molecule has 0 atom stereocenters. The summed E-state index contributed by atoms with van der Waals surface area (Å²) in [5, 5.41) is 12.2. The van der Waals surface area contributed by atoms with Gasteiger partial charge in [0.1, 0.15) is 11.6 Å². The minimum absolute atomic E-state index is 0.126. The van der Waals surface area contributed by atoms with Crippen LogP contribution in [0.1, 0.15) is 5.56 Å². The van der Waals surface area contributed by atoms with E-state index in [1.54, 1.807) is 6.07 Å². The Bertz CT molecular complexity index is 553. The summed E-state index contributed by atoms with van der Waals surface area (Å²) in [5.74, 6) is 0. The second kappa shape index (κ2) is 2.98. The molecule has 76 valence electrons. The second-order valence-corrected chi connectivity index (χ2v) is 2.90. The number of rotatable bonds is 1. The van der Waals surface area contributed by atoms with E-state index in [-0.39, 0.29) is 11.2 Å². The van der Waals surface area contributed by atoms with Crippen LogP contribution in [0.15, 0.2) is 18.6 Å². The molecule has 0 unspecified atom stereocenters. The van der Waals surface area contributed by atoms with Crippen molar-refractivity contribution in [1.82, 2.24) is 14.6 Å². The Morgan fingerprint density at radius 3 is 2.67 bits per heavy atom. The third-order valence-corrected chi connectivity index (χ3v) is 1.87. The minimum atomic E-state index is -5.09. The minimum Gasteiger partial charge on any atom is -0.445 e. The zero-order valence-corrected chi connectivity index (χ0v) is 7.23. The van der Waals surface area contributed by atoms with Crippen LogP contribution in [0.4, 0.5) is 12.9 Å². The van der Waals surface area contributed by atoms with Gasteiger partial charge in [0.05, 0.1) is 6.20 Å². The lowest BCUT2D eigenvalue weighted by Crippen LogP contribution is -2.35. The van der Waals surface area contributed by atoms with Gasteiger partial charge in [0.15, 0.2) is 5.65 Å². The van der Waals surface area contributed by atoms with Gasteiger partial charge in [-0.15, -0.1) is 0 Å². The van der Waals surface area contributed by atoms with E-state index >= 15 is 0 Å². The zero-order valence-electron chi connectivity index (χ0n) is 7.23. The molecule has 0 N–H and O–H groups in total. The molecule has 0 amide bonds. The van der Waals surface area contributed by atoms with Gasteiger partial charge in [0, 0.05) is 12.4 Å². The Kier molecular flexibility index (Phi) is 1.89. The second-order valence-electron chi connectivity index (χ2n) is 2.90. The van der Waals surface area contributed by atoms with Crippen molar-refractivity contribution in [3.63, 3.8) is 0 Å². The van der Waals surface area contributed by atoms with Gasteiger partial charge in [0.2, 0.25) is 0 Å². The Morgan fingerprint density at radius 1 is 1.33 bits per heavy atom. The Labute approximate surface area is 82.0 Å². The first-order chi connectivity index (χ1) is 7.02. The number of fused-ring (bicyclic) bond motifs is 1. The average Bonchev–Trinajstić information content (AvgIpc) is 2.58. The largest absolute Gasteiger partial charge is 0.512 e. The number of halogens is 3. The van der Waals surface area contributed by atoms with Crippen molar-refractivity contribution in [3.05, 3.63) is 24.2 Å². The Hall–Kier alpha value is -2.04. The van der Waals surface area contributed by atoms with Gasteiger partial charge < -0.3 is 12.9 Å². The van der Waals surface area contributed by atoms with E-state index in [1.165, 1.54) is 6.20 Å². The summed E-state index contributed by atoms with van der Waals surface area (Å²) in [6.45, 7) is -5.09. The van der Waals surface area contributed by atoms with Gasteiger partial charge >= 0.3 is 6.98 Å². The van der Waals surface area contributed by atoms with Crippen molar-refractivity contribution < 1.29 is 12.9 Å². The third-order valence-electron chi connectivity index (χ3n) is 1.87. The molecule has 0 spiro atoms. The molecule has 0 bridgehead atoms. The van der Waals surface area contributed by atoms with E-state index in [0.717, 1.165) is 10.7 Å². The first-order valence-electron chi connectivity index (χ1n) is 3.95. The summed E-state index contributed by atoms with van der Waals surface area (Å²) in [6.07, 6.45) is 2.70. The lowest BCUT2D eigenvalue weighted by molar-refractivity contribution is 0.500. The first-order valence-corrected chi connectivity index (χ1v) is 3.95. The fourth-order valence-electron chi connectivity index (χ4n) is 1.14. The molecule has 2 aromatic heterocycles. The maximum Gasteiger partial charge on any atom is 0.512 e. The molecule has 8 heteroatoms. The monoisotopic (exact) mass is 211 g/mol. The van der Waals surface area contributed by atoms with E-state index in [2.05, 4.69) is 10.1 Å². The maximum absolute atomic E-state index is 12.3. The normalized spacial score (nSPS) is 11.6. The van der Waals surface area contributed by atoms with Crippen molar-refractivity contribution in [3.8, 4) is 6.07 Å². The lowest BCUT2D eigenvalue weighted by Gasteiger charge is -2.13. The van der Waals surface area contributed by atoms with Crippen molar-refractivity contribution in [2.24, 2.45) is 0 Å². The van der Waals surface area contributed by atoms with Crippen LogP contribution >= 0.6 is 0 Å². The number of aromatic nitrogens is 3. The van der Waals surface area contributed by atoms with Crippen LogP contribution in [-0.2, 0) is 0 Å². The number of nitrogens with zero attached hydrogens (tertiary/aromatic N) is 4. The highest BCUT2D eigenvalue weighted by Gasteiger charge is 2.26. The van der Waals surface area contributed by atoms with Crippen molar-refractivity contribution in [1.29, 1.82) is 5.26 Å². The van der Waals surface area contributed by atoms with Crippen LogP contribution in [0.3, 0.4) is 0 Å². The van der Waals surface area contributed by atoms with Gasteiger partial charge in [-0.3, -0.25) is 0 Å².